The first kappa shape index (κ1) is 15.8. The van der Waals surface area contributed by atoms with E-state index in [1.165, 1.54) is 18.3 Å². The number of carbonyl (C=O) groups excluding carboxylic acids is 1. The van der Waals surface area contributed by atoms with Gasteiger partial charge in [0.15, 0.2) is 0 Å². The Labute approximate surface area is 129 Å². The predicted octanol–water partition coefficient (Wildman–Crippen LogP) is 3.14. The number of aromatic nitrogens is 2. The molecular formula is C17H18N2O3. The minimum Gasteiger partial charge on any atom is -0.478 e. The molecule has 1 aromatic heterocycles. The molecule has 0 radical (unpaired) electrons. The Hall–Kier alpha value is -2.56. The van der Waals surface area contributed by atoms with Crippen LogP contribution >= 0.6 is 0 Å². The molecule has 0 atom stereocenters. The molecule has 0 aliphatic rings. The summed E-state index contributed by atoms with van der Waals surface area (Å²) in [6, 6.07) is 6.14. The highest BCUT2D eigenvalue weighted by Gasteiger charge is 2.18. The predicted molar refractivity (Wildman–Crippen MR) is 82.1 cm³/mol. The minimum atomic E-state index is -1.13. The lowest BCUT2D eigenvalue weighted by molar-refractivity contribution is 0.0692. The monoisotopic (exact) mass is 298 g/mol. The van der Waals surface area contributed by atoms with E-state index < -0.39 is 11.8 Å². The molecule has 0 unspecified atom stereocenters. The van der Waals surface area contributed by atoms with Crippen molar-refractivity contribution < 1.29 is 14.7 Å². The van der Waals surface area contributed by atoms with Gasteiger partial charge in [0.25, 0.3) is 0 Å². The van der Waals surface area contributed by atoms with Crippen LogP contribution in [0.5, 0.6) is 0 Å². The summed E-state index contributed by atoms with van der Waals surface area (Å²) in [5, 5.41) is 9.17. The maximum Gasteiger partial charge on any atom is 0.336 e. The van der Waals surface area contributed by atoms with Gasteiger partial charge in [0.05, 0.1) is 17.5 Å². The lowest BCUT2D eigenvalue weighted by Gasteiger charge is -2.06. The maximum atomic E-state index is 12.5. The summed E-state index contributed by atoms with van der Waals surface area (Å²) in [7, 11) is 0. The van der Waals surface area contributed by atoms with E-state index in [0.717, 1.165) is 31.4 Å². The van der Waals surface area contributed by atoms with Crippen molar-refractivity contribution in [3.05, 3.63) is 59.2 Å². The Morgan fingerprint density at radius 1 is 1.09 bits per heavy atom. The number of ketones is 1. The van der Waals surface area contributed by atoms with Crippen LogP contribution in [-0.4, -0.2) is 26.8 Å². The SMILES string of the molecule is CCCCCc1cncc(C(=O)c2ccccc2C(=O)O)n1. The van der Waals surface area contributed by atoms with E-state index in [-0.39, 0.29) is 16.8 Å². The molecule has 5 nitrogen and oxygen atoms in total. The smallest absolute Gasteiger partial charge is 0.336 e. The lowest BCUT2D eigenvalue weighted by atomic mass is 10.0. The third-order valence-electron chi connectivity index (χ3n) is 3.36. The topological polar surface area (TPSA) is 80.2 Å². The van der Waals surface area contributed by atoms with E-state index in [0.29, 0.717) is 0 Å². The van der Waals surface area contributed by atoms with Gasteiger partial charge in [0.2, 0.25) is 5.78 Å². The molecule has 0 fully saturated rings. The fourth-order valence-electron chi connectivity index (χ4n) is 2.20. The zero-order valence-corrected chi connectivity index (χ0v) is 12.5. The van der Waals surface area contributed by atoms with Crippen molar-refractivity contribution in [2.24, 2.45) is 0 Å². The van der Waals surface area contributed by atoms with Gasteiger partial charge < -0.3 is 5.11 Å². The van der Waals surface area contributed by atoms with Crippen molar-refractivity contribution in [2.45, 2.75) is 32.6 Å². The van der Waals surface area contributed by atoms with Crippen molar-refractivity contribution in [3.63, 3.8) is 0 Å². The van der Waals surface area contributed by atoms with Crippen molar-refractivity contribution in [1.29, 1.82) is 0 Å². The molecule has 114 valence electrons. The van der Waals surface area contributed by atoms with Crippen LogP contribution in [0.3, 0.4) is 0 Å². The fourth-order valence-corrected chi connectivity index (χ4v) is 2.20. The van der Waals surface area contributed by atoms with Gasteiger partial charge in [-0.2, -0.15) is 0 Å². The van der Waals surface area contributed by atoms with Crippen LogP contribution < -0.4 is 0 Å². The molecule has 22 heavy (non-hydrogen) atoms. The highest BCUT2D eigenvalue weighted by atomic mass is 16.4. The zero-order valence-electron chi connectivity index (χ0n) is 12.5. The molecule has 0 aliphatic carbocycles. The quantitative estimate of drug-likeness (QED) is 0.627. The summed E-state index contributed by atoms with van der Waals surface area (Å²) in [5.74, 6) is -1.54. The second kappa shape index (κ2) is 7.45. The normalized spacial score (nSPS) is 10.4. The standard InChI is InChI=1S/C17H18N2O3/c1-2-3-4-7-12-10-18-11-15(19-12)16(20)13-8-5-6-9-14(13)17(21)22/h5-6,8-11H,2-4,7H2,1H3,(H,21,22). The van der Waals surface area contributed by atoms with Gasteiger partial charge in [-0.05, 0) is 18.9 Å². The van der Waals surface area contributed by atoms with Crippen LogP contribution in [0.1, 0.15) is 58.3 Å². The van der Waals surface area contributed by atoms with E-state index in [4.69, 9.17) is 0 Å². The number of benzene rings is 1. The third-order valence-corrected chi connectivity index (χ3v) is 3.36. The molecule has 0 amide bonds. The van der Waals surface area contributed by atoms with Crippen LogP contribution in [0.4, 0.5) is 0 Å². The molecule has 0 saturated heterocycles. The highest BCUT2D eigenvalue weighted by molar-refractivity contribution is 6.13. The van der Waals surface area contributed by atoms with E-state index >= 15 is 0 Å². The first-order chi connectivity index (χ1) is 10.6. The van der Waals surface area contributed by atoms with Gasteiger partial charge in [-0.1, -0.05) is 38.0 Å². The van der Waals surface area contributed by atoms with Crippen molar-refractivity contribution in [2.75, 3.05) is 0 Å². The van der Waals surface area contributed by atoms with Gasteiger partial charge in [0.1, 0.15) is 5.69 Å². The number of carboxylic acids is 1. The number of aryl methyl sites for hydroxylation is 1. The van der Waals surface area contributed by atoms with Crippen molar-refractivity contribution in [1.82, 2.24) is 9.97 Å². The van der Waals surface area contributed by atoms with Crippen molar-refractivity contribution in [3.8, 4) is 0 Å². The molecule has 5 heteroatoms. The van der Waals surface area contributed by atoms with E-state index in [9.17, 15) is 14.7 Å². The van der Waals surface area contributed by atoms with Gasteiger partial charge >= 0.3 is 5.97 Å². The second-order valence-electron chi connectivity index (χ2n) is 5.03. The molecule has 0 aliphatic heterocycles. The maximum absolute atomic E-state index is 12.5. The van der Waals surface area contributed by atoms with Crippen molar-refractivity contribution >= 4 is 11.8 Å². The number of carbonyl (C=O) groups is 2. The van der Waals surface area contributed by atoms with Crippen LogP contribution in [0.2, 0.25) is 0 Å². The number of hydrogen-bond donors (Lipinski definition) is 1. The molecule has 1 aromatic carbocycles. The van der Waals surface area contributed by atoms with Crippen LogP contribution in [0.15, 0.2) is 36.7 Å². The molecular weight excluding hydrogens is 280 g/mol. The summed E-state index contributed by atoms with van der Waals surface area (Å²) in [5.41, 5.74) is 1.05. The Bertz CT molecular complexity index is 683. The molecule has 0 saturated carbocycles. The Morgan fingerprint density at radius 3 is 2.50 bits per heavy atom. The number of hydrogen-bond acceptors (Lipinski definition) is 4. The highest BCUT2D eigenvalue weighted by Crippen LogP contribution is 2.14. The van der Waals surface area contributed by atoms with E-state index in [1.54, 1.807) is 18.3 Å². The molecule has 2 aromatic rings. The average molecular weight is 298 g/mol. The largest absolute Gasteiger partial charge is 0.478 e. The first-order valence-corrected chi connectivity index (χ1v) is 7.31. The average Bonchev–Trinajstić information content (AvgIpc) is 2.54. The number of unbranched alkanes of at least 4 members (excludes halogenated alkanes) is 2. The molecule has 1 N–H and O–H groups in total. The fraction of sp³-hybridized carbons (Fsp3) is 0.294. The van der Waals surface area contributed by atoms with Gasteiger partial charge in [-0.3, -0.25) is 9.78 Å². The number of carboxylic acid groups (broad SMARTS) is 1. The molecule has 0 spiro atoms. The third kappa shape index (κ3) is 3.75. The van der Waals surface area contributed by atoms with E-state index in [1.807, 2.05) is 0 Å². The van der Waals surface area contributed by atoms with Gasteiger partial charge in [0, 0.05) is 11.8 Å². The summed E-state index contributed by atoms with van der Waals surface area (Å²) in [6.07, 6.45) is 7.00. The summed E-state index contributed by atoms with van der Waals surface area (Å²) in [4.78, 5) is 32.1. The second-order valence-corrected chi connectivity index (χ2v) is 5.03. The number of nitrogens with zero attached hydrogens (tertiary/aromatic N) is 2. The zero-order chi connectivity index (χ0) is 15.9. The Morgan fingerprint density at radius 2 is 1.82 bits per heavy atom. The summed E-state index contributed by atoms with van der Waals surface area (Å²) < 4.78 is 0. The minimum absolute atomic E-state index is 0.0225. The van der Waals surface area contributed by atoms with E-state index in [2.05, 4.69) is 16.9 Å². The number of aromatic carboxylic acids is 1. The Balaban J connectivity index is 2.26. The number of rotatable bonds is 7. The molecule has 0 bridgehead atoms. The first-order valence-electron chi connectivity index (χ1n) is 7.31. The molecule has 1 heterocycles. The Kier molecular flexibility index (Phi) is 5.36. The van der Waals surface area contributed by atoms with Gasteiger partial charge in [-0.15, -0.1) is 0 Å². The molecule has 2 rings (SSSR count). The lowest BCUT2D eigenvalue weighted by Crippen LogP contribution is -2.12. The van der Waals surface area contributed by atoms with Gasteiger partial charge in [-0.25, -0.2) is 9.78 Å². The summed E-state index contributed by atoms with van der Waals surface area (Å²) >= 11 is 0. The van der Waals surface area contributed by atoms with Crippen LogP contribution in [-0.2, 0) is 6.42 Å². The van der Waals surface area contributed by atoms with Crippen LogP contribution in [0, 0.1) is 0 Å². The summed E-state index contributed by atoms with van der Waals surface area (Å²) in [6.45, 7) is 2.12. The van der Waals surface area contributed by atoms with Crippen LogP contribution in [0.25, 0.3) is 0 Å².